The Morgan fingerprint density at radius 1 is 1.52 bits per heavy atom. The topological polar surface area (TPSA) is 113 Å². The van der Waals surface area contributed by atoms with E-state index in [2.05, 4.69) is 9.98 Å². The van der Waals surface area contributed by atoms with Gasteiger partial charge in [0.25, 0.3) is 10.1 Å². The molecule has 0 amide bonds. The molecule has 0 spiro atoms. The molecule has 11 heteroatoms. The van der Waals surface area contributed by atoms with Crippen LogP contribution in [0.5, 0.6) is 0 Å². The SMILES string of the molecule is CN1CC(COS(C)(=O)=O)CSC1=N/C(=C(/C#N)C=O)c1cnc(C(C)(C)C)c(F)c1. The lowest BCUT2D eigenvalue weighted by atomic mass is 9.91. The quantitative estimate of drug-likeness (QED) is 0.271. The first kappa shape index (κ1) is 25.0. The van der Waals surface area contributed by atoms with Gasteiger partial charge in [-0.05, 0) is 6.07 Å². The third-order valence-electron chi connectivity index (χ3n) is 4.35. The van der Waals surface area contributed by atoms with Gasteiger partial charge < -0.3 is 4.90 Å². The minimum atomic E-state index is -3.53. The zero-order chi connectivity index (χ0) is 23.4. The lowest BCUT2D eigenvalue weighted by molar-refractivity contribution is -0.104. The second-order valence-corrected chi connectivity index (χ2v) is 10.9. The van der Waals surface area contributed by atoms with E-state index < -0.39 is 21.4 Å². The maximum atomic E-state index is 14.7. The van der Waals surface area contributed by atoms with Crippen molar-refractivity contribution in [3.8, 4) is 6.07 Å². The average molecular weight is 469 g/mol. The van der Waals surface area contributed by atoms with Crippen molar-refractivity contribution in [1.29, 1.82) is 5.26 Å². The molecule has 8 nitrogen and oxygen atoms in total. The number of hydrogen-bond donors (Lipinski definition) is 0. The minimum absolute atomic E-state index is 0.0320. The van der Waals surface area contributed by atoms with Crippen LogP contribution in [0.3, 0.4) is 0 Å². The first-order valence-corrected chi connectivity index (χ1v) is 12.2. The van der Waals surface area contributed by atoms with Gasteiger partial charge in [-0.3, -0.25) is 14.0 Å². The summed E-state index contributed by atoms with van der Waals surface area (Å²) in [5.74, 6) is -0.0684. The van der Waals surface area contributed by atoms with Crippen LogP contribution in [0, 0.1) is 23.1 Å². The number of aldehydes is 1. The average Bonchev–Trinajstić information content (AvgIpc) is 2.66. The highest BCUT2D eigenvalue weighted by Gasteiger charge is 2.26. The van der Waals surface area contributed by atoms with Crippen molar-refractivity contribution in [2.24, 2.45) is 10.9 Å². The van der Waals surface area contributed by atoms with Crippen LogP contribution < -0.4 is 0 Å². The van der Waals surface area contributed by atoms with Crippen LogP contribution in [0.4, 0.5) is 4.39 Å². The molecule has 0 saturated carbocycles. The molecule has 1 aliphatic rings. The number of allylic oxidation sites excluding steroid dienone is 1. The van der Waals surface area contributed by atoms with Gasteiger partial charge in [0.2, 0.25) is 0 Å². The van der Waals surface area contributed by atoms with Gasteiger partial charge >= 0.3 is 0 Å². The summed E-state index contributed by atoms with van der Waals surface area (Å²) in [6.45, 7) is 6.01. The van der Waals surface area contributed by atoms with Crippen LogP contribution in [0.15, 0.2) is 22.8 Å². The van der Waals surface area contributed by atoms with Gasteiger partial charge in [-0.25, -0.2) is 9.38 Å². The number of nitrogens with zero attached hydrogens (tertiary/aromatic N) is 4. The highest BCUT2D eigenvalue weighted by atomic mass is 32.2. The van der Waals surface area contributed by atoms with Crippen molar-refractivity contribution in [1.82, 2.24) is 9.88 Å². The molecule has 1 aromatic rings. The van der Waals surface area contributed by atoms with Crippen LogP contribution in [0.25, 0.3) is 5.70 Å². The third-order valence-corrected chi connectivity index (χ3v) is 6.21. The summed E-state index contributed by atoms with van der Waals surface area (Å²) in [6, 6.07) is 3.03. The van der Waals surface area contributed by atoms with Gasteiger partial charge in [-0.2, -0.15) is 13.7 Å². The van der Waals surface area contributed by atoms with Gasteiger partial charge in [0.15, 0.2) is 11.5 Å². The first-order valence-electron chi connectivity index (χ1n) is 9.38. The number of halogens is 1. The number of aromatic nitrogens is 1. The summed E-state index contributed by atoms with van der Waals surface area (Å²) in [5.41, 5.74) is -0.230. The van der Waals surface area contributed by atoms with Gasteiger partial charge in [0.05, 0.1) is 24.3 Å². The van der Waals surface area contributed by atoms with E-state index in [-0.39, 0.29) is 35.1 Å². The monoisotopic (exact) mass is 468 g/mol. The highest BCUT2D eigenvalue weighted by Crippen LogP contribution is 2.29. The van der Waals surface area contributed by atoms with Crippen molar-refractivity contribution in [3.05, 3.63) is 34.9 Å². The summed E-state index contributed by atoms with van der Waals surface area (Å²) < 4.78 is 42.0. The fraction of sp³-hybridized carbons (Fsp3) is 0.500. The van der Waals surface area contributed by atoms with Crippen LogP contribution in [0.1, 0.15) is 32.0 Å². The summed E-state index contributed by atoms with van der Waals surface area (Å²) in [6.07, 6.45) is 2.78. The van der Waals surface area contributed by atoms with Gasteiger partial charge in [-0.15, -0.1) is 0 Å². The molecule has 1 fully saturated rings. The fourth-order valence-corrected chi connectivity index (χ4v) is 4.37. The standard InChI is InChI=1S/C20H25FN4O4S2/c1-20(2,3)18-16(21)6-14(8-23-18)17(15(7-22)10-26)24-19-25(4)9-13(12-30-19)11-29-31(5,27)28/h6,8,10,13H,9,11-12H2,1-5H3/b17-15-,24-19?. The molecular formula is C20H25FN4O4S2. The summed E-state index contributed by atoms with van der Waals surface area (Å²) in [7, 11) is -1.77. The number of amidine groups is 1. The zero-order valence-electron chi connectivity index (χ0n) is 18.0. The third kappa shape index (κ3) is 6.85. The largest absolute Gasteiger partial charge is 0.354 e. The van der Waals surface area contributed by atoms with Crippen LogP contribution in [-0.4, -0.2) is 62.0 Å². The maximum Gasteiger partial charge on any atom is 0.264 e. The molecule has 2 rings (SSSR count). The predicted molar refractivity (Wildman–Crippen MR) is 118 cm³/mol. The Bertz CT molecular complexity index is 1060. The van der Waals surface area contributed by atoms with Crippen molar-refractivity contribution in [2.45, 2.75) is 26.2 Å². The van der Waals surface area contributed by atoms with Gasteiger partial charge in [-0.1, -0.05) is 32.5 Å². The molecule has 31 heavy (non-hydrogen) atoms. The van der Waals surface area contributed by atoms with Crippen LogP contribution in [-0.2, 0) is 24.5 Å². The van der Waals surface area contributed by atoms with E-state index in [1.165, 1.54) is 24.0 Å². The Hall–Kier alpha value is -2.29. The number of thioether (sulfide) groups is 1. The zero-order valence-corrected chi connectivity index (χ0v) is 19.7. The van der Waals surface area contributed by atoms with E-state index in [1.807, 2.05) is 20.8 Å². The summed E-state index contributed by atoms with van der Waals surface area (Å²) in [5, 5.41) is 9.89. The second kappa shape index (κ2) is 9.89. The molecule has 1 saturated heterocycles. The maximum absolute atomic E-state index is 14.7. The summed E-state index contributed by atoms with van der Waals surface area (Å²) in [4.78, 5) is 21.9. The van der Waals surface area contributed by atoms with E-state index >= 15 is 0 Å². The van der Waals surface area contributed by atoms with Gasteiger partial charge in [0.1, 0.15) is 17.5 Å². The van der Waals surface area contributed by atoms with E-state index in [0.717, 1.165) is 6.26 Å². The number of nitriles is 1. The van der Waals surface area contributed by atoms with E-state index in [0.29, 0.717) is 23.8 Å². The minimum Gasteiger partial charge on any atom is -0.354 e. The van der Waals surface area contributed by atoms with Crippen molar-refractivity contribution < 1.29 is 21.8 Å². The first-order chi connectivity index (χ1) is 14.4. The number of carbonyl (C=O) groups excluding carboxylic acids is 1. The Morgan fingerprint density at radius 2 is 2.19 bits per heavy atom. The molecule has 1 unspecified atom stereocenters. The number of carbonyl (C=O) groups is 1. The Kier molecular flexibility index (Phi) is 7.97. The molecule has 1 aromatic heterocycles. The molecule has 1 atom stereocenters. The molecular weight excluding hydrogens is 443 g/mol. The van der Waals surface area contributed by atoms with E-state index in [4.69, 9.17) is 4.18 Å². The van der Waals surface area contributed by atoms with Crippen molar-refractivity contribution >= 4 is 39.0 Å². The van der Waals surface area contributed by atoms with Crippen molar-refractivity contribution in [2.75, 3.05) is 32.2 Å². The molecule has 1 aliphatic heterocycles. The molecule has 0 bridgehead atoms. The van der Waals surface area contributed by atoms with Crippen molar-refractivity contribution in [3.63, 3.8) is 0 Å². The number of aliphatic imine (C=N–C) groups is 1. The van der Waals surface area contributed by atoms with E-state index in [9.17, 15) is 22.9 Å². The molecule has 168 valence electrons. The fourth-order valence-electron chi connectivity index (χ4n) is 2.89. The molecule has 0 N–H and O–H groups in total. The van der Waals surface area contributed by atoms with E-state index in [1.54, 1.807) is 18.0 Å². The lowest BCUT2D eigenvalue weighted by Crippen LogP contribution is -2.38. The molecule has 2 heterocycles. The van der Waals surface area contributed by atoms with Crippen LogP contribution >= 0.6 is 11.8 Å². The summed E-state index contributed by atoms with van der Waals surface area (Å²) >= 11 is 1.33. The van der Waals surface area contributed by atoms with Gasteiger partial charge in [0, 0.05) is 42.4 Å². The number of rotatable bonds is 6. The number of pyridine rings is 1. The Morgan fingerprint density at radius 3 is 2.68 bits per heavy atom. The second-order valence-electron chi connectivity index (χ2n) is 8.24. The molecule has 0 aromatic carbocycles. The van der Waals surface area contributed by atoms with Crippen LogP contribution in [0.2, 0.25) is 0 Å². The predicted octanol–water partition coefficient (Wildman–Crippen LogP) is 2.58. The number of hydrogen-bond acceptors (Lipinski definition) is 8. The smallest absolute Gasteiger partial charge is 0.264 e. The highest BCUT2D eigenvalue weighted by molar-refractivity contribution is 8.13. The molecule has 0 radical (unpaired) electrons. The Balaban J connectivity index is 2.37. The lowest BCUT2D eigenvalue weighted by Gasteiger charge is -2.31. The Labute approximate surface area is 186 Å². The normalized spacial score (nSPS) is 19.7. The molecule has 0 aliphatic carbocycles.